The fraction of sp³-hybridized carbons (Fsp3) is 0.636. The highest BCUT2D eigenvalue weighted by Crippen LogP contribution is 2.19. The molecule has 0 bridgehead atoms. The summed E-state index contributed by atoms with van der Waals surface area (Å²) in [6.07, 6.45) is 1.14. The van der Waals surface area contributed by atoms with Crippen molar-refractivity contribution in [3.63, 3.8) is 0 Å². The summed E-state index contributed by atoms with van der Waals surface area (Å²) in [6.45, 7) is 1.55. The SMILES string of the molecule is CC(=O)S[C@@H](CCCN1C(=O)CCC1=O)C(=O)O. The van der Waals surface area contributed by atoms with Gasteiger partial charge < -0.3 is 5.11 Å². The van der Waals surface area contributed by atoms with Gasteiger partial charge in [-0.2, -0.15) is 0 Å². The van der Waals surface area contributed by atoms with Gasteiger partial charge in [0.1, 0.15) is 5.25 Å². The van der Waals surface area contributed by atoms with Gasteiger partial charge >= 0.3 is 5.97 Å². The second-order valence-corrected chi connectivity index (χ2v) is 5.40. The molecule has 0 saturated carbocycles. The molecule has 1 aliphatic heterocycles. The summed E-state index contributed by atoms with van der Waals surface area (Å²) < 4.78 is 0. The molecular weight excluding hydrogens is 258 g/mol. The Bertz CT molecular complexity index is 366. The number of rotatable bonds is 6. The Morgan fingerprint density at radius 2 is 1.89 bits per heavy atom. The number of aliphatic carboxylic acids is 1. The highest BCUT2D eigenvalue weighted by molar-refractivity contribution is 8.14. The molecule has 0 spiro atoms. The minimum atomic E-state index is -1.05. The molecule has 0 aliphatic carbocycles. The van der Waals surface area contributed by atoms with E-state index >= 15 is 0 Å². The molecule has 1 saturated heterocycles. The highest BCUT2D eigenvalue weighted by Gasteiger charge is 2.29. The lowest BCUT2D eigenvalue weighted by molar-refractivity contribution is -0.138. The number of carboxylic acids is 1. The molecule has 1 aliphatic rings. The molecule has 1 heterocycles. The van der Waals surface area contributed by atoms with E-state index in [1.807, 2.05) is 0 Å². The molecule has 1 fully saturated rings. The first-order valence-electron chi connectivity index (χ1n) is 5.65. The molecule has 100 valence electrons. The minimum Gasteiger partial charge on any atom is -0.480 e. The van der Waals surface area contributed by atoms with Gasteiger partial charge in [-0.25, -0.2) is 0 Å². The molecule has 0 unspecified atom stereocenters. The molecule has 18 heavy (non-hydrogen) atoms. The maximum Gasteiger partial charge on any atom is 0.317 e. The standard InChI is InChI=1S/C11H15NO5S/c1-7(13)18-8(11(16)17)3-2-6-12-9(14)4-5-10(12)15/h8H,2-6H2,1H3,(H,16,17)/t8-/m0/s1. The Labute approximate surface area is 109 Å². The summed E-state index contributed by atoms with van der Waals surface area (Å²) in [4.78, 5) is 45.5. The van der Waals surface area contributed by atoms with E-state index in [2.05, 4.69) is 0 Å². The first-order chi connectivity index (χ1) is 8.41. The summed E-state index contributed by atoms with van der Waals surface area (Å²) in [5.41, 5.74) is 0. The normalized spacial score (nSPS) is 17.1. The lowest BCUT2D eigenvalue weighted by Gasteiger charge is -2.15. The van der Waals surface area contributed by atoms with Crippen molar-refractivity contribution in [1.29, 1.82) is 0 Å². The van der Waals surface area contributed by atoms with Crippen molar-refractivity contribution in [3.05, 3.63) is 0 Å². The van der Waals surface area contributed by atoms with Crippen molar-refractivity contribution in [3.8, 4) is 0 Å². The van der Waals surface area contributed by atoms with Crippen LogP contribution in [0.5, 0.6) is 0 Å². The van der Waals surface area contributed by atoms with Crippen LogP contribution in [0.2, 0.25) is 0 Å². The van der Waals surface area contributed by atoms with Crippen LogP contribution in [0.25, 0.3) is 0 Å². The van der Waals surface area contributed by atoms with Crippen LogP contribution in [0, 0.1) is 0 Å². The van der Waals surface area contributed by atoms with Crippen molar-refractivity contribution in [2.24, 2.45) is 0 Å². The Morgan fingerprint density at radius 1 is 1.33 bits per heavy atom. The molecule has 2 amide bonds. The van der Waals surface area contributed by atoms with Crippen molar-refractivity contribution in [1.82, 2.24) is 4.90 Å². The van der Waals surface area contributed by atoms with Crippen molar-refractivity contribution in [2.75, 3.05) is 6.54 Å². The Morgan fingerprint density at radius 3 is 2.33 bits per heavy atom. The van der Waals surface area contributed by atoms with Crippen molar-refractivity contribution in [2.45, 2.75) is 37.9 Å². The van der Waals surface area contributed by atoms with E-state index in [1.165, 1.54) is 6.92 Å². The average molecular weight is 273 g/mol. The topological polar surface area (TPSA) is 91.8 Å². The van der Waals surface area contributed by atoms with Crippen LogP contribution < -0.4 is 0 Å². The van der Waals surface area contributed by atoms with E-state index in [0.717, 1.165) is 16.7 Å². The van der Waals surface area contributed by atoms with Gasteiger partial charge in [0.2, 0.25) is 11.8 Å². The van der Waals surface area contributed by atoms with Crippen LogP contribution in [0.15, 0.2) is 0 Å². The minimum absolute atomic E-state index is 0.203. The predicted octanol–water partition coefficient (Wildman–Crippen LogP) is 0.648. The van der Waals surface area contributed by atoms with Gasteiger partial charge in [0, 0.05) is 26.3 Å². The first kappa shape index (κ1) is 14.7. The van der Waals surface area contributed by atoms with E-state index < -0.39 is 11.2 Å². The van der Waals surface area contributed by atoms with Crippen LogP contribution in [0.3, 0.4) is 0 Å². The summed E-state index contributed by atoms with van der Waals surface area (Å²) in [6, 6.07) is 0. The third kappa shape index (κ3) is 4.14. The van der Waals surface area contributed by atoms with Crippen LogP contribution in [0.1, 0.15) is 32.6 Å². The molecule has 6 nitrogen and oxygen atoms in total. The molecule has 1 rings (SSSR count). The summed E-state index contributed by atoms with van der Waals surface area (Å²) in [7, 11) is 0. The second-order valence-electron chi connectivity index (χ2n) is 4.02. The van der Waals surface area contributed by atoms with Gasteiger partial charge in [0.15, 0.2) is 5.12 Å². The zero-order chi connectivity index (χ0) is 13.7. The zero-order valence-corrected chi connectivity index (χ0v) is 10.9. The first-order valence-corrected chi connectivity index (χ1v) is 6.53. The van der Waals surface area contributed by atoms with Gasteiger partial charge in [0.05, 0.1) is 0 Å². The fourth-order valence-electron chi connectivity index (χ4n) is 1.74. The number of thioether (sulfide) groups is 1. The summed E-state index contributed by atoms with van der Waals surface area (Å²) >= 11 is 0.765. The number of hydrogen-bond acceptors (Lipinski definition) is 5. The molecular formula is C11H15NO5S. The lowest BCUT2D eigenvalue weighted by atomic mass is 10.2. The number of carbonyl (C=O) groups is 4. The van der Waals surface area contributed by atoms with Gasteiger partial charge in [-0.15, -0.1) is 0 Å². The van der Waals surface area contributed by atoms with Crippen molar-refractivity contribution >= 4 is 34.7 Å². The van der Waals surface area contributed by atoms with Crippen LogP contribution in [-0.4, -0.2) is 44.7 Å². The largest absolute Gasteiger partial charge is 0.480 e. The number of nitrogens with zero attached hydrogens (tertiary/aromatic N) is 1. The average Bonchev–Trinajstić information content (AvgIpc) is 2.58. The zero-order valence-electron chi connectivity index (χ0n) is 10.0. The fourth-order valence-corrected chi connectivity index (χ4v) is 2.53. The third-order valence-corrected chi connectivity index (χ3v) is 3.64. The van der Waals surface area contributed by atoms with E-state index in [0.29, 0.717) is 6.42 Å². The van der Waals surface area contributed by atoms with E-state index in [4.69, 9.17) is 5.11 Å². The number of likely N-dealkylation sites (tertiary alicyclic amines) is 1. The third-order valence-electron chi connectivity index (χ3n) is 2.59. The van der Waals surface area contributed by atoms with Gasteiger partial charge in [-0.3, -0.25) is 24.1 Å². The van der Waals surface area contributed by atoms with Crippen molar-refractivity contribution < 1.29 is 24.3 Å². The predicted molar refractivity (Wildman–Crippen MR) is 64.9 cm³/mol. The lowest BCUT2D eigenvalue weighted by Crippen LogP contribution is -2.31. The molecule has 0 radical (unpaired) electrons. The van der Waals surface area contributed by atoms with E-state index in [-0.39, 0.29) is 42.7 Å². The number of imide groups is 1. The van der Waals surface area contributed by atoms with E-state index in [9.17, 15) is 19.2 Å². The molecule has 1 atom stereocenters. The Kier molecular flexibility index (Phi) is 5.33. The summed E-state index contributed by atoms with van der Waals surface area (Å²) in [5.74, 6) is -1.45. The highest BCUT2D eigenvalue weighted by atomic mass is 32.2. The molecule has 0 aromatic carbocycles. The Hall–Kier alpha value is -1.37. The van der Waals surface area contributed by atoms with Crippen LogP contribution in [-0.2, 0) is 19.2 Å². The summed E-state index contributed by atoms with van der Waals surface area (Å²) in [5, 5.41) is 7.83. The number of amides is 2. The number of carboxylic acid groups (broad SMARTS) is 1. The smallest absolute Gasteiger partial charge is 0.317 e. The molecule has 0 aromatic heterocycles. The maximum atomic E-state index is 11.3. The molecule has 0 aromatic rings. The molecule has 1 N–H and O–H groups in total. The Balaban J connectivity index is 2.39. The van der Waals surface area contributed by atoms with Gasteiger partial charge in [0.25, 0.3) is 0 Å². The van der Waals surface area contributed by atoms with E-state index in [1.54, 1.807) is 0 Å². The van der Waals surface area contributed by atoms with Crippen LogP contribution >= 0.6 is 11.8 Å². The van der Waals surface area contributed by atoms with Gasteiger partial charge in [-0.1, -0.05) is 11.8 Å². The second kappa shape index (κ2) is 6.53. The van der Waals surface area contributed by atoms with Crippen LogP contribution in [0.4, 0.5) is 0 Å². The maximum absolute atomic E-state index is 11.3. The molecule has 7 heteroatoms. The number of hydrogen-bond donors (Lipinski definition) is 1. The monoisotopic (exact) mass is 273 g/mol. The quantitative estimate of drug-likeness (QED) is 0.714. The van der Waals surface area contributed by atoms with Gasteiger partial charge in [-0.05, 0) is 12.8 Å². The number of carbonyl (C=O) groups excluding carboxylic acids is 3.